The molecule has 13 heteroatoms. The van der Waals surface area contributed by atoms with Crippen molar-refractivity contribution in [2.24, 2.45) is 0 Å². The van der Waals surface area contributed by atoms with Crippen LogP contribution in [0.25, 0.3) is 0 Å². The maximum absolute atomic E-state index is 10.5. The zero-order valence-electron chi connectivity index (χ0n) is 8.84. The number of hydrogen-bond donors (Lipinski definition) is 3. The van der Waals surface area contributed by atoms with Crippen LogP contribution in [0.4, 0.5) is 17.1 Å². The Morgan fingerprint density at radius 2 is 0.789 bits per heavy atom. The molecule has 1 rings (SSSR count). The molecule has 1 aromatic carbocycles. The van der Waals surface area contributed by atoms with Crippen molar-refractivity contribution in [2.75, 3.05) is 0 Å². The van der Waals surface area contributed by atoms with Crippen molar-refractivity contribution in [3.8, 4) is 17.2 Å². The summed E-state index contributed by atoms with van der Waals surface area (Å²) in [4.78, 5) is 27.0. The van der Waals surface area contributed by atoms with Crippen molar-refractivity contribution in [1.82, 2.24) is 0 Å². The molecule has 2 radical (unpaired) electrons. The van der Waals surface area contributed by atoms with E-state index >= 15 is 0 Å². The number of nitro benzene ring substituents is 3. The summed E-state index contributed by atoms with van der Waals surface area (Å²) >= 11 is 0. The van der Waals surface area contributed by atoms with E-state index in [1.54, 1.807) is 0 Å². The molecule has 0 aliphatic rings. The number of phenols is 3. The molecule has 0 amide bonds. The average Bonchev–Trinajstić information content (AvgIpc) is 2.14. The molecular weight excluding hydrogens is 465 g/mol. The molecule has 1 aromatic rings. The summed E-state index contributed by atoms with van der Waals surface area (Å²) in [6.45, 7) is 0. The zero-order valence-corrected chi connectivity index (χ0v) is 14.3. The minimum absolute atomic E-state index is 0. The molecule has 0 saturated heterocycles. The molecular formula is C6H5N3O9Pb. The molecule has 0 bridgehead atoms. The van der Waals surface area contributed by atoms with Crippen LogP contribution in [-0.4, -0.2) is 57.4 Å². The van der Waals surface area contributed by atoms with Gasteiger partial charge >= 0.3 is 44.4 Å². The Morgan fingerprint density at radius 3 is 0.895 bits per heavy atom. The molecule has 102 valence electrons. The first-order valence-corrected chi connectivity index (χ1v) is 3.94. The summed E-state index contributed by atoms with van der Waals surface area (Å²) in [5, 5.41) is 58.9. The third-order valence-corrected chi connectivity index (χ3v) is 1.89. The number of benzene rings is 1. The van der Waals surface area contributed by atoms with Crippen LogP contribution in [0.2, 0.25) is 0 Å². The predicted octanol–water partition coefficient (Wildman–Crippen LogP) is -0.388. The topological polar surface area (TPSA) is 190 Å². The molecule has 0 atom stereocenters. The Labute approximate surface area is 122 Å². The van der Waals surface area contributed by atoms with Gasteiger partial charge in [0.1, 0.15) is 0 Å². The van der Waals surface area contributed by atoms with E-state index in [0.717, 1.165) is 0 Å². The summed E-state index contributed by atoms with van der Waals surface area (Å²) in [5.41, 5.74) is -4.90. The standard InChI is InChI=1S/C6H3N3O9.Pb.2H/c10-4-1(7(13)14)5(11)3(9(17)18)6(12)2(4)8(15)16;;;/h10-12H;;;. The summed E-state index contributed by atoms with van der Waals surface area (Å²) in [7, 11) is 0. The van der Waals surface area contributed by atoms with Gasteiger partial charge in [-0.3, -0.25) is 30.3 Å². The fourth-order valence-corrected chi connectivity index (χ4v) is 1.19. The van der Waals surface area contributed by atoms with E-state index in [1.165, 1.54) is 0 Å². The summed E-state index contributed by atoms with van der Waals surface area (Å²) < 4.78 is 0. The van der Waals surface area contributed by atoms with Crippen LogP contribution >= 0.6 is 0 Å². The fourth-order valence-electron chi connectivity index (χ4n) is 1.19. The van der Waals surface area contributed by atoms with Gasteiger partial charge in [0.25, 0.3) is 17.2 Å². The van der Waals surface area contributed by atoms with E-state index in [9.17, 15) is 45.7 Å². The number of aromatic hydroxyl groups is 3. The van der Waals surface area contributed by atoms with Gasteiger partial charge in [0.2, 0.25) is 0 Å². The van der Waals surface area contributed by atoms with Crippen molar-refractivity contribution in [3.63, 3.8) is 0 Å². The van der Waals surface area contributed by atoms with E-state index in [-0.39, 0.29) is 27.3 Å². The molecule has 0 fully saturated rings. The zero-order chi connectivity index (χ0) is 14.2. The maximum atomic E-state index is 10.5. The normalized spacial score (nSPS) is 9.47. The minimum atomic E-state index is -1.68. The second-order valence-electron chi connectivity index (χ2n) is 2.86. The van der Waals surface area contributed by atoms with Crippen molar-refractivity contribution >= 4 is 44.4 Å². The Hall–Kier alpha value is -2.26. The van der Waals surface area contributed by atoms with Crippen LogP contribution in [-0.2, 0) is 0 Å². The van der Waals surface area contributed by atoms with Gasteiger partial charge in [-0.05, 0) is 0 Å². The van der Waals surface area contributed by atoms with E-state index in [4.69, 9.17) is 0 Å². The third-order valence-electron chi connectivity index (χ3n) is 1.89. The average molecular weight is 470 g/mol. The monoisotopic (exact) mass is 471 g/mol. The Balaban J connectivity index is 0.00000324. The molecule has 0 aliphatic heterocycles. The molecule has 0 unspecified atom stereocenters. The van der Waals surface area contributed by atoms with Crippen molar-refractivity contribution in [2.45, 2.75) is 0 Å². The molecule has 0 saturated carbocycles. The van der Waals surface area contributed by atoms with Gasteiger partial charge in [-0.2, -0.15) is 0 Å². The SMILES string of the molecule is O=[N+]([O-])c1c(O)c([N+](=O)[O-])c(O)c([N+](=O)[O-])c1O.[PbH2]. The van der Waals surface area contributed by atoms with Crippen LogP contribution in [0.15, 0.2) is 0 Å². The van der Waals surface area contributed by atoms with Gasteiger partial charge in [-0.15, -0.1) is 0 Å². The van der Waals surface area contributed by atoms with Gasteiger partial charge in [0.05, 0.1) is 14.8 Å². The molecule has 0 aliphatic carbocycles. The van der Waals surface area contributed by atoms with Crippen LogP contribution in [0.3, 0.4) is 0 Å². The number of nitrogens with zero attached hydrogens (tertiary/aromatic N) is 3. The number of nitro groups is 3. The molecule has 0 spiro atoms. The fraction of sp³-hybridized carbons (Fsp3) is 0. The first-order valence-electron chi connectivity index (χ1n) is 3.94. The molecule has 3 N–H and O–H groups in total. The van der Waals surface area contributed by atoms with E-state index < -0.39 is 49.1 Å². The van der Waals surface area contributed by atoms with Crippen LogP contribution in [0.5, 0.6) is 17.2 Å². The number of rotatable bonds is 3. The van der Waals surface area contributed by atoms with Crippen molar-refractivity contribution in [3.05, 3.63) is 30.3 Å². The second kappa shape index (κ2) is 5.59. The summed E-state index contributed by atoms with van der Waals surface area (Å²) in [5.74, 6) is -5.03. The van der Waals surface area contributed by atoms with Crippen LogP contribution in [0, 0.1) is 30.3 Å². The molecule has 0 heterocycles. The Kier molecular flexibility index (Phi) is 4.92. The molecule has 19 heavy (non-hydrogen) atoms. The summed E-state index contributed by atoms with van der Waals surface area (Å²) in [6, 6.07) is 0. The number of phenolic OH excluding ortho intramolecular Hbond substituents is 3. The molecule has 0 aromatic heterocycles. The predicted molar refractivity (Wildman–Crippen MR) is 59.9 cm³/mol. The van der Waals surface area contributed by atoms with E-state index in [0.29, 0.717) is 0 Å². The Bertz CT molecular complexity index is 484. The Morgan fingerprint density at radius 1 is 0.632 bits per heavy atom. The van der Waals surface area contributed by atoms with Gasteiger partial charge < -0.3 is 15.3 Å². The van der Waals surface area contributed by atoms with E-state index in [1.807, 2.05) is 0 Å². The molecule has 12 nitrogen and oxygen atoms in total. The van der Waals surface area contributed by atoms with Gasteiger partial charge in [0.15, 0.2) is 0 Å². The summed E-state index contributed by atoms with van der Waals surface area (Å²) in [6.07, 6.45) is 0. The van der Waals surface area contributed by atoms with Gasteiger partial charge in [-0.25, -0.2) is 0 Å². The van der Waals surface area contributed by atoms with Gasteiger partial charge in [0, 0.05) is 0 Å². The van der Waals surface area contributed by atoms with Crippen molar-refractivity contribution < 1.29 is 30.1 Å². The van der Waals surface area contributed by atoms with E-state index in [2.05, 4.69) is 0 Å². The van der Waals surface area contributed by atoms with Crippen LogP contribution < -0.4 is 0 Å². The third kappa shape index (κ3) is 2.61. The first kappa shape index (κ1) is 16.7. The van der Waals surface area contributed by atoms with Gasteiger partial charge in [-0.1, -0.05) is 0 Å². The second-order valence-corrected chi connectivity index (χ2v) is 2.86. The first-order chi connectivity index (χ1) is 8.20. The van der Waals surface area contributed by atoms with Crippen LogP contribution in [0.1, 0.15) is 0 Å². The van der Waals surface area contributed by atoms with Crippen molar-refractivity contribution in [1.29, 1.82) is 0 Å². The number of hydrogen-bond acceptors (Lipinski definition) is 9. The quantitative estimate of drug-likeness (QED) is 0.300.